The van der Waals surface area contributed by atoms with Gasteiger partial charge in [-0.15, -0.1) is 6.58 Å². The van der Waals surface area contributed by atoms with E-state index in [-0.39, 0.29) is 0 Å². The fraction of sp³-hybridized carbons (Fsp3) is 0.615. The van der Waals surface area contributed by atoms with Crippen molar-refractivity contribution < 1.29 is 0 Å². The zero-order valence-electron chi connectivity index (χ0n) is 9.71. The summed E-state index contributed by atoms with van der Waals surface area (Å²) in [6, 6.07) is 0. The molecule has 1 aliphatic carbocycles. The molecule has 0 amide bonds. The molecule has 1 rings (SSSR count). The molecule has 0 aliphatic heterocycles. The van der Waals surface area contributed by atoms with Crippen molar-refractivity contribution >= 4 is 6.72 Å². The molecule has 2 heteroatoms. The SMILES string of the molecule is C=CC1CCCC(C)/C(=C\NN=C)CC1. The van der Waals surface area contributed by atoms with E-state index >= 15 is 0 Å². The molecule has 0 radical (unpaired) electrons. The Morgan fingerprint density at radius 3 is 2.87 bits per heavy atom. The van der Waals surface area contributed by atoms with Gasteiger partial charge in [0.05, 0.1) is 0 Å². The Labute approximate surface area is 93.1 Å². The zero-order valence-corrected chi connectivity index (χ0v) is 9.71. The normalized spacial score (nSPS) is 30.3. The van der Waals surface area contributed by atoms with Crippen molar-refractivity contribution in [3.8, 4) is 0 Å². The Balaban J connectivity index is 2.59. The van der Waals surface area contributed by atoms with Gasteiger partial charge in [-0.25, -0.2) is 0 Å². The van der Waals surface area contributed by atoms with Gasteiger partial charge in [-0.05, 0) is 43.1 Å². The van der Waals surface area contributed by atoms with Crippen molar-refractivity contribution in [2.75, 3.05) is 0 Å². The van der Waals surface area contributed by atoms with Gasteiger partial charge in [0.25, 0.3) is 0 Å². The average molecular weight is 206 g/mol. The van der Waals surface area contributed by atoms with Crippen molar-refractivity contribution in [1.82, 2.24) is 5.43 Å². The van der Waals surface area contributed by atoms with Crippen LogP contribution in [-0.4, -0.2) is 6.72 Å². The van der Waals surface area contributed by atoms with Gasteiger partial charge in [-0.3, -0.25) is 5.43 Å². The van der Waals surface area contributed by atoms with Crippen LogP contribution < -0.4 is 5.43 Å². The van der Waals surface area contributed by atoms with Crippen molar-refractivity contribution in [1.29, 1.82) is 0 Å². The molecular formula is C13H22N2. The predicted octanol–water partition coefficient (Wildman–Crippen LogP) is 3.48. The minimum Gasteiger partial charge on any atom is -0.286 e. The molecule has 0 heterocycles. The van der Waals surface area contributed by atoms with Crippen LogP contribution in [0.4, 0.5) is 0 Å². The van der Waals surface area contributed by atoms with E-state index in [0.717, 1.165) is 6.42 Å². The van der Waals surface area contributed by atoms with Crippen molar-refractivity contribution in [2.45, 2.75) is 39.0 Å². The largest absolute Gasteiger partial charge is 0.286 e. The summed E-state index contributed by atoms with van der Waals surface area (Å²) in [5.74, 6) is 1.36. The summed E-state index contributed by atoms with van der Waals surface area (Å²) in [7, 11) is 0. The quantitative estimate of drug-likeness (QED) is 0.427. The van der Waals surface area contributed by atoms with Crippen LogP contribution in [-0.2, 0) is 0 Å². The molecule has 2 unspecified atom stereocenters. The molecule has 0 bridgehead atoms. The number of hydrogen-bond donors (Lipinski definition) is 1. The summed E-state index contributed by atoms with van der Waals surface area (Å²) in [6.45, 7) is 9.62. The predicted molar refractivity (Wildman–Crippen MR) is 66.7 cm³/mol. The molecule has 0 spiro atoms. The number of nitrogens with one attached hydrogen (secondary N) is 1. The van der Waals surface area contributed by atoms with Gasteiger partial charge in [0, 0.05) is 12.9 Å². The number of hydrazone groups is 1. The number of rotatable bonds is 3. The number of allylic oxidation sites excluding steroid dienone is 2. The van der Waals surface area contributed by atoms with Crippen LogP contribution in [0.25, 0.3) is 0 Å². The van der Waals surface area contributed by atoms with E-state index < -0.39 is 0 Å². The molecular weight excluding hydrogens is 184 g/mol. The second kappa shape index (κ2) is 6.44. The summed E-state index contributed by atoms with van der Waals surface area (Å²) in [5, 5.41) is 3.66. The lowest BCUT2D eigenvalue weighted by Gasteiger charge is -2.23. The molecule has 1 saturated carbocycles. The second-order valence-electron chi connectivity index (χ2n) is 4.37. The van der Waals surface area contributed by atoms with Gasteiger partial charge in [0.15, 0.2) is 0 Å². The smallest absolute Gasteiger partial charge is 0.0194 e. The van der Waals surface area contributed by atoms with E-state index in [1.807, 2.05) is 6.20 Å². The van der Waals surface area contributed by atoms with Crippen LogP contribution in [0.5, 0.6) is 0 Å². The average Bonchev–Trinajstić information content (AvgIpc) is 2.23. The molecule has 2 atom stereocenters. The van der Waals surface area contributed by atoms with Crippen molar-refractivity contribution in [2.24, 2.45) is 16.9 Å². The summed E-state index contributed by atoms with van der Waals surface area (Å²) in [4.78, 5) is 0. The van der Waals surface area contributed by atoms with Crippen LogP contribution in [0, 0.1) is 11.8 Å². The molecule has 1 N–H and O–H groups in total. The van der Waals surface area contributed by atoms with Gasteiger partial charge < -0.3 is 0 Å². The minimum atomic E-state index is 0.671. The lowest BCUT2D eigenvalue weighted by Crippen LogP contribution is -2.10. The Morgan fingerprint density at radius 1 is 1.40 bits per heavy atom. The molecule has 84 valence electrons. The lowest BCUT2D eigenvalue weighted by molar-refractivity contribution is 0.428. The Morgan fingerprint density at radius 2 is 2.20 bits per heavy atom. The van der Waals surface area contributed by atoms with Crippen LogP contribution in [0.1, 0.15) is 39.0 Å². The topological polar surface area (TPSA) is 24.4 Å². The van der Waals surface area contributed by atoms with Crippen LogP contribution in [0.3, 0.4) is 0 Å². The monoisotopic (exact) mass is 206 g/mol. The first kappa shape index (κ1) is 12.0. The fourth-order valence-electron chi connectivity index (χ4n) is 2.19. The molecule has 1 fully saturated rings. The highest BCUT2D eigenvalue weighted by Crippen LogP contribution is 2.29. The third-order valence-electron chi connectivity index (χ3n) is 3.32. The number of nitrogens with zero attached hydrogens (tertiary/aromatic N) is 1. The summed E-state index contributed by atoms with van der Waals surface area (Å²) in [6.07, 6.45) is 10.4. The summed E-state index contributed by atoms with van der Waals surface area (Å²) in [5.41, 5.74) is 4.32. The zero-order chi connectivity index (χ0) is 11.1. The highest BCUT2D eigenvalue weighted by atomic mass is 15.3. The lowest BCUT2D eigenvalue weighted by atomic mass is 9.84. The van der Waals surface area contributed by atoms with E-state index in [1.54, 1.807) is 0 Å². The molecule has 0 aromatic rings. The maximum atomic E-state index is 3.90. The van der Waals surface area contributed by atoms with E-state index in [4.69, 9.17) is 0 Å². The second-order valence-corrected chi connectivity index (χ2v) is 4.37. The highest BCUT2D eigenvalue weighted by Gasteiger charge is 2.15. The first-order chi connectivity index (χ1) is 7.27. The van der Waals surface area contributed by atoms with Crippen LogP contribution >= 0.6 is 0 Å². The minimum absolute atomic E-state index is 0.671. The third-order valence-corrected chi connectivity index (χ3v) is 3.32. The van der Waals surface area contributed by atoms with E-state index in [9.17, 15) is 0 Å². The third kappa shape index (κ3) is 3.90. The summed E-state index contributed by atoms with van der Waals surface area (Å²) < 4.78 is 0. The first-order valence-corrected chi connectivity index (χ1v) is 5.80. The Hall–Kier alpha value is -1.05. The molecule has 0 saturated heterocycles. The summed E-state index contributed by atoms with van der Waals surface area (Å²) >= 11 is 0. The van der Waals surface area contributed by atoms with Gasteiger partial charge in [0.1, 0.15) is 0 Å². The maximum Gasteiger partial charge on any atom is 0.0194 e. The van der Waals surface area contributed by atoms with E-state index in [2.05, 4.69) is 36.8 Å². The standard InChI is InChI=1S/C13H22N2/c1-4-12-7-5-6-11(2)13(9-8-12)10-15-14-3/h4,10-12,15H,1,3,5-9H2,2H3/b13-10-. The highest BCUT2D eigenvalue weighted by molar-refractivity contribution is 5.22. The first-order valence-electron chi connectivity index (χ1n) is 5.80. The van der Waals surface area contributed by atoms with Gasteiger partial charge in [0.2, 0.25) is 0 Å². The van der Waals surface area contributed by atoms with E-state index in [1.165, 1.54) is 31.3 Å². The molecule has 0 aromatic carbocycles. The van der Waals surface area contributed by atoms with Gasteiger partial charge >= 0.3 is 0 Å². The Bertz CT molecular complexity index is 243. The molecule has 15 heavy (non-hydrogen) atoms. The van der Waals surface area contributed by atoms with Gasteiger partial charge in [-0.1, -0.05) is 19.4 Å². The molecule has 1 aliphatic rings. The molecule has 0 aromatic heterocycles. The Kier molecular flexibility index (Phi) is 5.16. The molecule has 2 nitrogen and oxygen atoms in total. The number of hydrogen-bond acceptors (Lipinski definition) is 2. The van der Waals surface area contributed by atoms with Crippen LogP contribution in [0.2, 0.25) is 0 Å². The fourth-order valence-corrected chi connectivity index (χ4v) is 2.19. The van der Waals surface area contributed by atoms with Crippen LogP contribution in [0.15, 0.2) is 29.5 Å². The van der Waals surface area contributed by atoms with Gasteiger partial charge in [-0.2, -0.15) is 5.10 Å². The van der Waals surface area contributed by atoms with Crippen molar-refractivity contribution in [3.05, 3.63) is 24.4 Å². The van der Waals surface area contributed by atoms with Crippen molar-refractivity contribution in [3.63, 3.8) is 0 Å². The van der Waals surface area contributed by atoms with E-state index in [0.29, 0.717) is 11.8 Å². The maximum absolute atomic E-state index is 3.90.